The summed E-state index contributed by atoms with van der Waals surface area (Å²) in [6.45, 7) is 1.52. The van der Waals surface area contributed by atoms with E-state index < -0.39 is 10.9 Å². The van der Waals surface area contributed by atoms with E-state index in [4.69, 9.17) is 21.1 Å². The molecule has 0 saturated heterocycles. The van der Waals surface area contributed by atoms with Gasteiger partial charge in [-0.15, -0.1) is 0 Å². The molecule has 98 valence electrons. The van der Waals surface area contributed by atoms with Crippen LogP contribution < -0.4 is 0 Å². The Kier molecular flexibility index (Phi) is 3.26. The smallest absolute Gasteiger partial charge is 0.339 e. The number of halogens is 1. The Morgan fingerprint density at radius 3 is 2.58 bits per heavy atom. The number of furan rings is 1. The second kappa shape index (κ2) is 4.74. The van der Waals surface area contributed by atoms with Crippen molar-refractivity contribution < 1.29 is 19.2 Å². The number of carboxylic acids is 1. The van der Waals surface area contributed by atoms with Crippen molar-refractivity contribution in [1.29, 1.82) is 0 Å². The molecule has 0 aliphatic heterocycles. The van der Waals surface area contributed by atoms with Gasteiger partial charge in [0.05, 0.1) is 9.95 Å². The molecule has 0 bridgehead atoms. The van der Waals surface area contributed by atoms with Crippen molar-refractivity contribution in [2.24, 2.45) is 0 Å². The summed E-state index contributed by atoms with van der Waals surface area (Å²) in [5.74, 6) is -0.600. The van der Waals surface area contributed by atoms with Gasteiger partial charge in [-0.1, -0.05) is 11.6 Å². The van der Waals surface area contributed by atoms with Crippen molar-refractivity contribution in [3.63, 3.8) is 0 Å². The number of hydrogen-bond donors (Lipinski definition) is 1. The van der Waals surface area contributed by atoms with E-state index in [9.17, 15) is 14.9 Å². The monoisotopic (exact) mass is 281 g/mol. The molecule has 0 fully saturated rings. The molecular weight excluding hydrogens is 274 g/mol. The predicted octanol–water partition coefficient (Wildman–Crippen LogP) is 3.51. The van der Waals surface area contributed by atoms with Crippen LogP contribution >= 0.6 is 11.6 Å². The zero-order valence-electron chi connectivity index (χ0n) is 9.71. The molecule has 0 unspecified atom stereocenters. The van der Waals surface area contributed by atoms with Gasteiger partial charge in [0.2, 0.25) is 0 Å². The number of benzene rings is 1. The normalized spacial score (nSPS) is 10.4. The van der Waals surface area contributed by atoms with Crippen molar-refractivity contribution in [3.8, 4) is 11.3 Å². The van der Waals surface area contributed by atoms with E-state index in [0.717, 1.165) is 0 Å². The number of hydrogen-bond acceptors (Lipinski definition) is 4. The van der Waals surface area contributed by atoms with Gasteiger partial charge in [0.25, 0.3) is 5.69 Å². The molecule has 1 N–H and O–H groups in total. The van der Waals surface area contributed by atoms with Crippen molar-refractivity contribution in [2.45, 2.75) is 6.92 Å². The first kappa shape index (κ1) is 13.1. The average molecular weight is 282 g/mol. The summed E-state index contributed by atoms with van der Waals surface area (Å²) in [5, 5.41) is 19.6. The number of aryl methyl sites for hydroxylation is 1. The molecular formula is C12H8ClNO5. The molecule has 1 heterocycles. The lowest BCUT2D eigenvalue weighted by atomic mass is 10.1. The summed E-state index contributed by atoms with van der Waals surface area (Å²) in [7, 11) is 0. The molecule has 0 aliphatic carbocycles. The van der Waals surface area contributed by atoms with E-state index in [2.05, 4.69) is 0 Å². The van der Waals surface area contributed by atoms with Crippen LogP contribution in [0, 0.1) is 17.0 Å². The Bertz CT molecular complexity index is 677. The molecule has 1 aromatic heterocycles. The number of nitrogens with zero attached hydrogens (tertiary/aromatic N) is 1. The van der Waals surface area contributed by atoms with Gasteiger partial charge in [0, 0.05) is 17.7 Å². The van der Waals surface area contributed by atoms with Crippen LogP contribution in [-0.2, 0) is 0 Å². The molecule has 2 rings (SSSR count). The molecule has 0 aliphatic rings. The van der Waals surface area contributed by atoms with Crippen molar-refractivity contribution in [1.82, 2.24) is 0 Å². The highest BCUT2D eigenvalue weighted by Gasteiger charge is 2.18. The van der Waals surface area contributed by atoms with Gasteiger partial charge < -0.3 is 9.52 Å². The van der Waals surface area contributed by atoms with Crippen LogP contribution in [-0.4, -0.2) is 16.0 Å². The highest BCUT2D eigenvalue weighted by Crippen LogP contribution is 2.33. The summed E-state index contributed by atoms with van der Waals surface area (Å²) in [6, 6.07) is 5.23. The van der Waals surface area contributed by atoms with Gasteiger partial charge in [-0.25, -0.2) is 4.79 Å². The van der Waals surface area contributed by atoms with Crippen LogP contribution in [0.25, 0.3) is 11.3 Å². The molecule has 0 amide bonds. The first-order chi connectivity index (χ1) is 8.90. The molecule has 19 heavy (non-hydrogen) atoms. The van der Waals surface area contributed by atoms with Crippen molar-refractivity contribution in [2.75, 3.05) is 0 Å². The molecule has 0 saturated carbocycles. The van der Waals surface area contributed by atoms with Crippen LogP contribution in [0.4, 0.5) is 5.69 Å². The fraction of sp³-hybridized carbons (Fsp3) is 0.0833. The lowest BCUT2D eigenvalue weighted by molar-refractivity contribution is -0.384. The maximum absolute atomic E-state index is 10.9. The largest absolute Gasteiger partial charge is 0.478 e. The Hall–Kier alpha value is -2.34. The van der Waals surface area contributed by atoms with E-state index in [1.165, 1.54) is 31.2 Å². The number of carbonyl (C=O) groups is 1. The van der Waals surface area contributed by atoms with Crippen LogP contribution in [0.5, 0.6) is 0 Å². The minimum absolute atomic E-state index is 0.0319. The van der Waals surface area contributed by atoms with Crippen molar-refractivity contribution in [3.05, 3.63) is 50.7 Å². The third-order valence-electron chi connectivity index (χ3n) is 2.58. The van der Waals surface area contributed by atoms with Crippen molar-refractivity contribution >= 4 is 23.3 Å². The number of rotatable bonds is 3. The Morgan fingerprint density at radius 2 is 2.11 bits per heavy atom. The maximum atomic E-state index is 10.9. The first-order valence-corrected chi connectivity index (χ1v) is 5.56. The van der Waals surface area contributed by atoms with E-state index >= 15 is 0 Å². The molecule has 0 spiro atoms. The molecule has 0 radical (unpaired) electrons. The highest BCUT2D eigenvalue weighted by molar-refractivity contribution is 6.33. The fourth-order valence-electron chi connectivity index (χ4n) is 1.64. The Labute approximate surface area is 112 Å². The zero-order chi connectivity index (χ0) is 14.2. The summed E-state index contributed by atoms with van der Waals surface area (Å²) in [4.78, 5) is 20.9. The summed E-state index contributed by atoms with van der Waals surface area (Å²) >= 11 is 5.94. The fourth-order valence-corrected chi connectivity index (χ4v) is 1.91. The third kappa shape index (κ3) is 2.43. The van der Waals surface area contributed by atoms with Gasteiger partial charge in [0.1, 0.15) is 17.1 Å². The van der Waals surface area contributed by atoms with Crippen LogP contribution in [0.2, 0.25) is 5.02 Å². The number of nitro groups is 1. The van der Waals surface area contributed by atoms with E-state index in [-0.39, 0.29) is 27.8 Å². The minimum atomic E-state index is -1.11. The van der Waals surface area contributed by atoms with Gasteiger partial charge in [-0.2, -0.15) is 0 Å². The van der Waals surface area contributed by atoms with Gasteiger partial charge in [-0.05, 0) is 19.1 Å². The maximum Gasteiger partial charge on any atom is 0.339 e. The third-order valence-corrected chi connectivity index (χ3v) is 2.89. The number of aromatic carboxylic acids is 1. The second-order valence-corrected chi connectivity index (χ2v) is 4.21. The van der Waals surface area contributed by atoms with E-state index in [0.29, 0.717) is 5.56 Å². The van der Waals surface area contributed by atoms with E-state index in [1.54, 1.807) is 0 Å². The van der Waals surface area contributed by atoms with Crippen LogP contribution in [0.3, 0.4) is 0 Å². The summed E-state index contributed by atoms with van der Waals surface area (Å²) < 4.78 is 5.31. The topological polar surface area (TPSA) is 93.6 Å². The quantitative estimate of drug-likeness (QED) is 0.686. The summed E-state index contributed by atoms with van der Waals surface area (Å²) in [5.41, 5.74) is 0.294. The lowest BCUT2D eigenvalue weighted by Gasteiger charge is -2.00. The molecule has 2 aromatic rings. The van der Waals surface area contributed by atoms with Gasteiger partial charge in [0.15, 0.2) is 0 Å². The number of carboxylic acid groups (broad SMARTS) is 1. The van der Waals surface area contributed by atoms with Crippen LogP contribution in [0.1, 0.15) is 16.1 Å². The zero-order valence-corrected chi connectivity index (χ0v) is 10.5. The minimum Gasteiger partial charge on any atom is -0.478 e. The summed E-state index contributed by atoms with van der Waals surface area (Å²) in [6.07, 6.45) is 0. The predicted molar refractivity (Wildman–Crippen MR) is 67.5 cm³/mol. The molecule has 7 heteroatoms. The number of nitro benzene ring substituents is 1. The second-order valence-electron chi connectivity index (χ2n) is 3.81. The van der Waals surface area contributed by atoms with Gasteiger partial charge in [-0.3, -0.25) is 10.1 Å². The Morgan fingerprint density at radius 1 is 1.42 bits per heavy atom. The standard InChI is InChI=1S/C12H8ClNO5/c1-6-9(12(15)16)5-11(19-6)8-3-2-7(14(17)18)4-10(8)13/h2-5H,1H3,(H,15,16). The molecule has 1 aromatic carbocycles. The van der Waals surface area contributed by atoms with Crippen LogP contribution in [0.15, 0.2) is 28.7 Å². The van der Waals surface area contributed by atoms with E-state index in [1.807, 2.05) is 0 Å². The Balaban J connectivity index is 2.50. The van der Waals surface area contributed by atoms with Gasteiger partial charge >= 0.3 is 5.97 Å². The SMILES string of the molecule is Cc1oc(-c2ccc([N+](=O)[O-])cc2Cl)cc1C(=O)O. The first-order valence-electron chi connectivity index (χ1n) is 5.18. The average Bonchev–Trinajstić information content (AvgIpc) is 2.71. The highest BCUT2D eigenvalue weighted by atomic mass is 35.5. The molecule has 6 nitrogen and oxygen atoms in total. The lowest BCUT2D eigenvalue weighted by Crippen LogP contribution is -1.94. The molecule has 0 atom stereocenters. The number of non-ortho nitro benzene ring substituents is 1.